The van der Waals surface area contributed by atoms with Crippen LogP contribution in [0.15, 0.2) is 30.3 Å². The molecule has 0 aliphatic carbocycles. The van der Waals surface area contributed by atoms with Crippen LogP contribution in [0.5, 0.6) is 0 Å². The van der Waals surface area contributed by atoms with Gasteiger partial charge < -0.3 is 9.80 Å². The van der Waals surface area contributed by atoms with Crippen molar-refractivity contribution in [2.75, 3.05) is 32.7 Å². The molecule has 0 bridgehead atoms. The lowest BCUT2D eigenvalue weighted by Crippen LogP contribution is -2.32. The zero-order valence-corrected chi connectivity index (χ0v) is 17.4. The van der Waals surface area contributed by atoms with E-state index >= 15 is 0 Å². The second-order valence-corrected chi connectivity index (χ2v) is 9.00. The highest BCUT2D eigenvalue weighted by molar-refractivity contribution is 7.17. The Morgan fingerprint density at radius 2 is 1.74 bits per heavy atom. The molecule has 2 aliphatic heterocycles. The fraction of sp³-hybridized carbons (Fsp3) is 0.522. The van der Waals surface area contributed by atoms with Crippen molar-refractivity contribution < 1.29 is 4.79 Å². The number of rotatable bonds is 4. The molecule has 2 saturated heterocycles. The summed E-state index contributed by atoms with van der Waals surface area (Å²) in [5, 5.41) is 0. The molecule has 2 aromatic rings. The molecule has 3 nitrogen and oxygen atoms in total. The third kappa shape index (κ3) is 3.97. The van der Waals surface area contributed by atoms with Gasteiger partial charge in [0.05, 0.1) is 4.88 Å². The Morgan fingerprint density at radius 3 is 2.37 bits per heavy atom. The van der Waals surface area contributed by atoms with E-state index in [1.54, 1.807) is 11.3 Å². The lowest BCUT2D eigenvalue weighted by Gasteiger charge is -2.31. The van der Waals surface area contributed by atoms with Crippen LogP contribution < -0.4 is 0 Å². The van der Waals surface area contributed by atoms with Gasteiger partial charge >= 0.3 is 0 Å². The highest BCUT2D eigenvalue weighted by Gasteiger charge is 2.23. The second-order valence-electron chi connectivity index (χ2n) is 7.95. The van der Waals surface area contributed by atoms with E-state index in [0.29, 0.717) is 5.92 Å². The SMILES string of the molecule is CCN1CCC(c2ccc(-c3cc(C)c(C(=O)N4CCCC4)s3)cc2)CC1. The number of carbonyl (C=O) groups excluding carboxylic acids is 1. The molecule has 0 radical (unpaired) electrons. The first-order valence-corrected chi connectivity index (χ1v) is 11.2. The summed E-state index contributed by atoms with van der Waals surface area (Å²) in [6.07, 6.45) is 4.81. The molecule has 1 aromatic carbocycles. The minimum atomic E-state index is 0.223. The Bertz CT molecular complexity index is 781. The van der Waals surface area contributed by atoms with E-state index in [4.69, 9.17) is 0 Å². The molecule has 144 valence electrons. The summed E-state index contributed by atoms with van der Waals surface area (Å²) in [5.41, 5.74) is 3.82. The maximum atomic E-state index is 12.8. The molecule has 2 fully saturated rings. The molecule has 2 aliphatic rings. The van der Waals surface area contributed by atoms with Gasteiger partial charge in [-0.1, -0.05) is 31.2 Å². The zero-order valence-electron chi connectivity index (χ0n) is 16.5. The lowest BCUT2D eigenvalue weighted by atomic mass is 9.89. The number of aryl methyl sites for hydroxylation is 1. The Morgan fingerprint density at radius 1 is 1.07 bits per heavy atom. The number of benzene rings is 1. The molecule has 1 aromatic heterocycles. The smallest absolute Gasteiger partial charge is 0.264 e. The van der Waals surface area contributed by atoms with Crippen LogP contribution in [-0.2, 0) is 0 Å². The summed E-state index contributed by atoms with van der Waals surface area (Å²) in [7, 11) is 0. The third-order valence-corrected chi connectivity index (χ3v) is 7.48. The van der Waals surface area contributed by atoms with E-state index in [1.165, 1.54) is 48.5 Å². The summed E-state index contributed by atoms with van der Waals surface area (Å²) in [6, 6.07) is 11.3. The van der Waals surface area contributed by atoms with Gasteiger partial charge in [-0.25, -0.2) is 0 Å². The number of piperidine rings is 1. The van der Waals surface area contributed by atoms with Crippen molar-refractivity contribution in [3.05, 3.63) is 46.3 Å². The summed E-state index contributed by atoms with van der Waals surface area (Å²) >= 11 is 1.65. The molecule has 0 unspecified atom stereocenters. The summed E-state index contributed by atoms with van der Waals surface area (Å²) in [6.45, 7) is 9.75. The van der Waals surface area contributed by atoms with Gasteiger partial charge in [0.25, 0.3) is 5.91 Å². The van der Waals surface area contributed by atoms with Crippen molar-refractivity contribution in [1.82, 2.24) is 9.80 Å². The highest BCUT2D eigenvalue weighted by Crippen LogP contribution is 2.34. The third-order valence-electron chi connectivity index (χ3n) is 6.21. The Kier molecular flexibility index (Phi) is 5.65. The van der Waals surface area contributed by atoms with Gasteiger partial charge in [-0.05, 0) is 80.9 Å². The fourth-order valence-corrected chi connectivity index (χ4v) is 5.55. The molecular formula is C23H30N2OS. The van der Waals surface area contributed by atoms with Crippen LogP contribution >= 0.6 is 11.3 Å². The molecule has 1 amide bonds. The van der Waals surface area contributed by atoms with Gasteiger partial charge in [-0.15, -0.1) is 11.3 Å². The summed E-state index contributed by atoms with van der Waals surface area (Å²) in [5.74, 6) is 0.916. The minimum absolute atomic E-state index is 0.223. The molecule has 4 heteroatoms. The van der Waals surface area contributed by atoms with Gasteiger partial charge in [0, 0.05) is 18.0 Å². The van der Waals surface area contributed by atoms with Crippen LogP contribution in [0.3, 0.4) is 0 Å². The molecule has 0 N–H and O–H groups in total. The van der Waals surface area contributed by atoms with Crippen molar-refractivity contribution in [2.24, 2.45) is 0 Å². The molecule has 0 saturated carbocycles. The average Bonchev–Trinajstić information content (AvgIpc) is 3.38. The summed E-state index contributed by atoms with van der Waals surface area (Å²) in [4.78, 5) is 19.4. The first-order chi connectivity index (χ1) is 13.2. The van der Waals surface area contributed by atoms with Crippen molar-refractivity contribution >= 4 is 17.2 Å². The van der Waals surface area contributed by atoms with E-state index < -0.39 is 0 Å². The van der Waals surface area contributed by atoms with E-state index in [2.05, 4.69) is 49.1 Å². The van der Waals surface area contributed by atoms with Crippen LogP contribution in [0, 0.1) is 6.92 Å². The quantitative estimate of drug-likeness (QED) is 0.729. The number of hydrogen-bond acceptors (Lipinski definition) is 3. The monoisotopic (exact) mass is 382 g/mol. The molecular weight excluding hydrogens is 352 g/mol. The normalized spacial score (nSPS) is 19.0. The largest absolute Gasteiger partial charge is 0.338 e. The molecule has 0 spiro atoms. The van der Waals surface area contributed by atoms with E-state index in [9.17, 15) is 4.79 Å². The van der Waals surface area contributed by atoms with Crippen molar-refractivity contribution in [2.45, 2.75) is 45.4 Å². The van der Waals surface area contributed by atoms with Crippen LogP contribution in [0.2, 0.25) is 0 Å². The van der Waals surface area contributed by atoms with Crippen LogP contribution in [0.25, 0.3) is 10.4 Å². The van der Waals surface area contributed by atoms with Crippen molar-refractivity contribution in [3.63, 3.8) is 0 Å². The number of nitrogens with zero attached hydrogens (tertiary/aromatic N) is 2. The first kappa shape index (κ1) is 18.7. The predicted octanol–water partition coefficient (Wildman–Crippen LogP) is 5.16. The zero-order chi connectivity index (χ0) is 18.8. The molecule has 4 rings (SSSR count). The van der Waals surface area contributed by atoms with Crippen molar-refractivity contribution in [3.8, 4) is 10.4 Å². The van der Waals surface area contributed by atoms with E-state index in [1.807, 2.05) is 4.90 Å². The van der Waals surface area contributed by atoms with Crippen LogP contribution in [0.4, 0.5) is 0 Å². The van der Waals surface area contributed by atoms with Crippen LogP contribution in [0.1, 0.15) is 59.3 Å². The summed E-state index contributed by atoms with van der Waals surface area (Å²) < 4.78 is 0. The van der Waals surface area contributed by atoms with Gasteiger partial charge in [-0.2, -0.15) is 0 Å². The second kappa shape index (κ2) is 8.15. The maximum absolute atomic E-state index is 12.8. The Labute approximate surface area is 167 Å². The number of thiophene rings is 1. The fourth-order valence-electron chi connectivity index (χ4n) is 4.40. The van der Waals surface area contributed by atoms with Gasteiger partial charge in [0.15, 0.2) is 0 Å². The number of carbonyl (C=O) groups is 1. The lowest BCUT2D eigenvalue weighted by molar-refractivity contribution is 0.0797. The van der Waals surface area contributed by atoms with Gasteiger partial charge in [0.1, 0.15) is 0 Å². The van der Waals surface area contributed by atoms with Gasteiger partial charge in [0.2, 0.25) is 0 Å². The molecule has 3 heterocycles. The Hall–Kier alpha value is -1.65. The van der Waals surface area contributed by atoms with Crippen molar-refractivity contribution in [1.29, 1.82) is 0 Å². The molecule has 27 heavy (non-hydrogen) atoms. The maximum Gasteiger partial charge on any atom is 0.264 e. The average molecular weight is 383 g/mol. The number of amides is 1. The standard InChI is InChI=1S/C23H30N2OS/c1-3-24-14-10-19(11-15-24)18-6-8-20(9-7-18)21-16-17(2)22(27-21)23(26)25-12-4-5-13-25/h6-9,16,19H,3-5,10-15H2,1-2H3. The van der Waals surface area contributed by atoms with Crippen LogP contribution in [-0.4, -0.2) is 48.4 Å². The minimum Gasteiger partial charge on any atom is -0.338 e. The van der Waals surface area contributed by atoms with E-state index in [0.717, 1.165) is 36.4 Å². The molecule has 0 atom stereocenters. The first-order valence-electron chi connectivity index (χ1n) is 10.4. The number of likely N-dealkylation sites (tertiary alicyclic amines) is 2. The highest BCUT2D eigenvalue weighted by atomic mass is 32.1. The number of hydrogen-bond donors (Lipinski definition) is 0. The van der Waals surface area contributed by atoms with E-state index in [-0.39, 0.29) is 5.91 Å². The van der Waals surface area contributed by atoms with Gasteiger partial charge in [-0.3, -0.25) is 4.79 Å². The topological polar surface area (TPSA) is 23.6 Å². The predicted molar refractivity (Wildman–Crippen MR) is 114 cm³/mol. The Balaban J connectivity index is 1.48.